The van der Waals surface area contributed by atoms with Gasteiger partial charge in [-0.1, -0.05) is 72.8 Å². The summed E-state index contributed by atoms with van der Waals surface area (Å²) in [7, 11) is 0. The Morgan fingerprint density at radius 2 is 1.39 bits per heavy atom. The second-order valence-electron chi connectivity index (χ2n) is 4.02. The highest BCUT2D eigenvalue weighted by Crippen LogP contribution is 2.10. The van der Waals surface area contributed by atoms with Crippen LogP contribution in [0, 0.1) is 0 Å². The van der Waals surface area contributed by atoms with Gasteiger partial charge in [-0.3, -0.25) is 0 Å². The molecule has 0 N–H and O–H groups in total. The summed E-state index contributed by atoms with van der Waals surface area (Å²) in [6.07, 6.45) is 5.77. The van der Waals surface area contributed by atoms with Gasteiger partial charge in [0, 0.05) is 0 Å². The zero-order chi connectivity index (χ0) is 12.6. The maximum Gasteiger partial charge on any atom is 0.107 e. The number of benzene rings is 2. The number of hydrogen-bond donors (Lipinski definition) is 0. The van der Waals surface area contributed by atoms with E-state index in [1.807, 2.05) is 78.9 Å². The summed E-state index contributed by atoms with van der Waals surface area (Å²) >= 11 is 0. The Kier molecular flexibility index (Phi) is 4.51. The highest BCUT2D eigenvalue weighted by Gasteiger charge is 1.93. The molecule has 1 heteroatoms. The van der Waals surface area contributed by atoms with Crippen molar-refractivity contribution in [1.82, 2.24) is 0 Å². The van der Waals surface area contributed by atoms with Crippen LogP contribution in [0.15, 0.2) is 72.3 Å². The maximum atomic E-state index is 11.1. The third kappa shape index (κ3) is 3.72. The van der Waals surface area contributed by atoms with Gasteiger partial charge in [0.05, 0.1) is 0 Å². The summed E-state index contributed by atoms with van der Waals surface area (Å²) in [5.41, 5.74) is 2.94. The Balaban J connectivity index is 2.15. The Bertz CT molecular complexity index is 524. The van der Waals surface area contributed by atoms with Crippen molar-refractivity contribution >= 4 is 12.2 Å². The highest BCUT2D eigenvalue weighted by atomic mass is 16.3. The van der Waals surface area contributed by atoms with E-state index >= 15 is 0 Å². The molecule has 2 rings (SSSR count). The highest BCUT2D eigenvalue weighted by molar-refractivity contribution is 5.61. The van der Waals surface area contributed by atoms with E-state index in [4.69, 9.17) is 0 Å². The molecule has 0 amide bonds. The molecule has 0 aliphatic heterocycles. The zero-order valence-corrected chi connectivity index (χ0v) is 10.1. The van der Waals surface area contributed by atoms with Gasteiger partial charge in [0.25, 0.3) is 0 Å². The van der Waals surface area contributed by atoms with Gasteiger partial charge in [0.15, 0.2) is 0 Å². The molecule has 0 bridgehead atoms. The molecular weight excluding hydrogens is 220 g/mol. The lowest BCUT2D eigenvalue weighted by atomic mass is 10.1. The van der Waals surface area contributed by atoms with Gasteiger partial charge in [-0.05, 0) is 22.8 Å². The molecular formula is C17H15O. The van der Waals surface area contributed by atoms with Crippen molar-refractivity contribution in [3.63, 3.8) is 0 Å². The molecule has 0 unspecified atom stereocenters. The summed E-state index contributed by atoms with van der Waals surface area (Å²) in [5.74, 6) is 0. The fourth-order valence-electron chi connectivity index (χ4n) is 1.67. The lowest BCUT2D eigenvalue weighted by Gasteiger charge is -1.97. The number of rotatable bonds is 4. The molecule has 18 heavy (non-hydrogen) atoms. The van der Waals surface area contributed by atoms with Gasteiger partial charge >= 0.3 is 0 Å². The Morgan fingerprint density at radius 1 is 0.833 bits per heavy atom. The second kappa shape index (κ2) is 6.58. The normalized spacial score (nSPS) is 11.9. The maximum absolute atomic E-state index is 11.1. The van der Waals surface area contributed by atoms with Crippen LogP contribution in [-0.2, 0) is 5.11 Å². The van der Waals surface area contributed by atoms with Crippen molar-refractivity contribution in [2.45, 2.75) is 0 Å². The molecule has 0 saturated carbocycles. The van der Waals surface area contributed by atoms with Crippen molar-refractivity contribution in [3.8, 4) is 0 Å². The Morgan fingerprint density at radius 3 is 1.94 bits per heavy atom. The van der Waals surface area contributed by atoms with Crippen molar-refractivity contribution in [2.75, 3.05) is 6.61 Å². The van der Waals surface area contributed by atoms with Gasteiger partial charge in [0.1, 0.15) is 6.61 Å². The molecule has 0 heterocycles. The molecule has 0 saturated heterocycles. The van der Waals surface area contributed by atoms with Gasteiger partial charge < -0.3 is 0 Å². The molecule has 0 fully saturated rings. The average Bonchev–Trinajstić information content (AvgIpc) is 2.45. The third-order valence-electron chi connectivity index (χ3n) is 2.61. The minimum absolute atomic E-state index is 0.210. The fraction of sp³-hybridized carbons (Fsp3) is 0.0588. The Hall–Kier alpha value is -2.12. The number of hydrogen-bond acceptors (Lipinski definition) is 0. The van der Waals surface area contributed by atoms with Crippen LogP contribution in [0.25, 0.3) is 12.2 Å². The Labute approximate surface area is 108 Å². The molecule has 0 atom stereocenters. The molecule has 0 aliphatic rings. The van der Waals surface area contributed by atoms with E-state index in [2.05, 4.69) is 0 Å². The predicted octanol–water partition coefficient (Wildman–Crippen LogP) is 4.21. The molecule has 1 radical (unpaired) electrons. The monoisotopic (exact) mass is 235 g/mol. The molecule has 2 aromatic rings. The van der Waals surface area contributed by atoms with Crippen LogP contribution in [0.1, 0.15) is 11.1 Å². The average molecular weight is 235 g/mol. The lowest BCUT2D eigenvalue weighted by Crippen LogP contribution is -1.84. The largest absolute Gasteiger partial charge is 0.232 e. The van der Waals surface area contributed by atoms with Crippen LogP contribution in [0.5, 0.6) is 0 Å². The van der Waals surface area contributed by atoms with Crippen LogP contribution >= 0.6 is 0 Å². The summed E-state index contributed by atoms with van der Waals surface area (Å²) in [6.45, 7) is -0.210. The van der Waals surface area contributed by atoms with Gasteiger partial charge in [-0.25, -0.2) is 5.11 Å². The molecule has 89 valence electrons. The van der Waals surface area contributed by atoms with E-state index in [0.29, 0.717) is 0 Å². The van der Waals surface area contributed by atoms with Gasteiger partial charge in [0.2, 0.25) is 0 Å². The van der Waals surface area contributed by atoms with Crippen molar-refractivity contribution in [3.05, 3.63) is 83.4 Å². The van der Waals surface area contributed by atoms with E-state index in [9.17, 15) is 5.11 Å². The van der Waals surface area contributed by atoms with E-state index in [0.717, 1.165) is 16.7 Å². The minimum atomic E-state index is -0.210. The zero-order valence-electron chi connectivity index (χ0n) is 10.1. The van der Waals surface area contributed by atoms with Crippen molar-refractivity contribution < 1.29 is 5.11 Å². The lowest BCUT2D eigenvalue weighted by molar-refractivity contribution is 0.227. The second-order valence-corrected chi connectivity index (χ2v) is 4.02. The summed E-state index contributed by atoms with van der Waals surface area (Å²) < 4.78 is 0. The summed E-state index contributed by atoms with van der Waals surface area (Å²) in [5, 5.41) is 11.1. The first kappa shape index (κ1) is 12.3. The molecule has 0 aliphatic carbocycles. The first-order valence-electron chi connectivity index (χ1n) is 5.95. The molecule has 1 nitrogen and oxygen atoms in total. The molecule has 0 aromatic heterocycles. The van der Waals surface area contributed by atoms with Crippen molar-refractivity contribution in [1.29, 1.82) is 0 Å². The van der Waals surface area contributed by atoms with Crippen LogP contribution in [-0.4, -0.2) is 6.61 Å². The fourth-order valence-corrected chi connectivity index (χ4v) is 1.67. The standard InChI is InChI=1S/C17H15O/c18-14-17(13-16-9-5-2-6-10-16)12-11-15-7-3-1-4-8-15/h1-13H,14H2. The third-order valence-corrected chi connectivity index (χ3v) is 2.61. The van der Waals surface area contributed by atoms with Gasteiger partial charge in [-0.2, -0.15) is 0 Å². The van der Waals surface area contributed by atoms with E-state index < -0.39 is 0 Å². The van der Waals surface area contributed by atoms with Crippen molar-refractivity contribution in [2.24, 2.45) is 0 Å². The molecule has 2 aromatic carbocycles. The SMILES string of the molecule is [O]CC(C=Cc1ccccc1)=Cc1ccccc1. The van der Waals surface area contributed by atoms with E-state index in [-0.39, 0.29) is 6.61 Å². The first-order valence-corrected chi connectivity index (χ1v) is 5.95. The summed E-state index contributed by atoms with van der Waals surface area (Å²) in [4.78, 5) is 0. The van der Waals surface area contributed by atoms with Crippen LogP contribution < -0.4 is 0 Å². The topological polar surface area (TPSA) is 19.9 Å². The van der Waals surface area contributed by atoms with E-state index in [1.165, 1.54) is 0 Å². The van der Waals surface area contributed by atoms with Crippen LogP contribution in [0.4, 0.5) is 0 Å². The van der Waals surface area contributed by atoms with Crippen LogP contribution in [0.3, 0.4) is 0 Å². The predicted molar refractivity (Wildman–Crippen MR) is 75.4 cm³/mol. The first-order chi connectivity index (χ1) is 8.88. The van der Waals surface area contributed by atoms with Gasteiger partial charge in [-0.15, -0.1) is 0 Å². The summed E-state index contributed by atoms with van der Waals surface area (Å²) in [6, 6.07) is 19.9. The minimum Gasteiger partial charge on any atom is -0.232 e. The van der Waals surface area contributed by atoms with Crippen LogP contribution in [0.2, 0.25) is 0 Å². The van der Waals surface area contributed by atoms with E-state index in [1.54, 1.807) is 0 Å². The molecule has 0 spiro atoms. The quantitative estimate of drug-likeness (QED) is 0.707. The smallest absolute Gasteiger partial charge is 0.107 e.